The summed E-state index contributed by atoms with van der Waals surface area (Å²) in [6.45, 7) is 1.83. The molecule has 0 spiro atoms. The van der Waals surface area contributed by atoms with Crippen molar-refractivity contribution in [3.63, 3.8) is 0 Å². The van der Waals surface area contributed by atoms with Gasteiger partial charge in [0.15, 0.2) is 0 Å². The van der Waals surface area contributed by atoms with Crippen LogP contribution >= 0.6 is 0 Å². The van der Waals surface area contributed by atoms with Crippen LogP contribution in [-0.2, 0) is 43.2 Å². The van der Waals surface area contributed by atoms with Crippen LogP contribution < -0.4 is 48.9 Å². The Kier molecular flexibility index (Phi) is 15.2. The van der Waals surface area contributed by atoms with E-state index in [2.05, 4.69) is 46.6 Å². The Morgan fingerprint density at radius 1 is 0.683 bits per heavy atom. The topological polar surface area (TPSA) is 304 Å². The lowest BCUT2D eigenvalue weighted by Crippen LogP contribution is -2.60. The first-order valence-electron chi connectivity index (χ1n) is 20.6. The van der Waals surface area contributed by atoms with Gasteiger partial charge in [-0.3, -0.25) is 29.4 Å². The molecule has 0 aliphatic heterocycles. The zero-order chi connectivity index (χ0) is 44.9. The smallest absolute Gasteiger partial charge is 0.341 e. The Morgan fingerprint density at radius 3 is 1.98 bits per heavy atom. The van der Waals surface area contributed by atoms with Crippen LogP contribution in [0.2, 0.25) is 0 Å². The number of benzene rings is 3. The molecular weight excluding hydrogens is 807 g/mol. The largest absolute Gasteiger partial charge is 0.368 e. The first kappa shape index (κ1) is 45.0. The standard InChI is InChI=1S/C44H53N13O6/c1-26(52-44(63)57(38-24-50-34-16-8-6-14-31(34)38)56-41(60)32(46)21-29-23-48-25-51-29)40(59)54-37(20-28-22-49-33-15-7-5-13-30(28)33)43(62)55-36(19-27-11-3-2-4-12-27)42(61)53-35(39(47)58)17-9-10-18-45/h2-8,11-16,22-26,32,35-37,49-50H,9-10,17-21,45-46H2,1H3,(H2,47,58)(H,48,51)(H,52,63)(H,53,61)(H,54,59)(H,55,62)(H,56,60)/t26-,32-,35-,36+,37-/m0/s1. The monoisotopic (exact) mass is 859 g/mol. The van der Waals surface area contributed by atoms with Gasteiger partial charge in [0.25, 0.3) is 5.91 Å². The number of amides is 7. The van der Waals surface area contributed by atoms with Gasteiger partial charge in [-0.25, -0.2) is 14.8 Å². The maximum Gasteiger partial charge on any atom is 0.341 e. The second-order valence-electron chi connectivity index (χ2n) is 15.2. The molecule has 0 aliphatic rings. The number of aromatic nitrogens is 4. The van der Waals surface area contributed by atoms with Crippen molar-refractivity contribution in [2.75, 3.05) is 11.6 Å². The number of nitrogens with one attached hydrogen (secondary N) is 8. The zero-order valence-electron chi connectivity index (χ0n) is 34.7. The van der Waals surface area contributed by atoms with E-state index in [1.54, 1.807) is 54.7 Å². The van der Waals surface area contributed by atoms with Crippen LogP contribution in [0.5, 0.6) is 0 Å². The lowest BCUT2D eigenvalue weighted by atomic mass is 10.0. The molecule has 6 aromatic rings. The Morgan fingerprint density at radius 2 is 1.30 bits per heavy atom. The number of fused-ring (bicyclic) bond motifs is 2. The van der Waals surface area contributed by atoms with Gasteiger partial charge < -0.3 is 53.4 Å². The summed E-state index contributed by atoms with van der Waals surface area (Å²) in [6, 6.07) is 16.9. The predicted octanol–water partition coefficient (Wildman–Crippen LogP) is 1.43. The molecule has 3 aromatic carbocycles. The van der Waals surface area contributed by atoms with E-state index in [1.807, 2.05) is 30.3 Å². The number of H-pyrrole nitrogens is 3. The lowest BCUT2D eigenvalue weighted by Gasteiger charge is -2.27. The molecule has 7 amide bonds. The molecule has 5 atom stereocenters. The highest BCUT2D eigenvalue weighted by atomic mass is 16.2. The normalized spacial score (nSPS) is 13.6. The molecular formula is C44H53N13O6. The highest BCUT2D eigenvalue weighted by Gasteiger charge is 2.32. The molecule has 19 nitrogen and oxygen atoms in total. The van der Waals surface area contributed by atoms with Gasteiger partial charge in [0.2, 0.25) is 23.6 Å². The summed E-state index contributed by atoms with van der Waals surface area (Å²) in [5.74, 6) is -3.52. The van der Waals surface area contributed by atoms with E-state index in [4.69, 9.17) is 17.2 Å². The third-order valence-corrected chi connectivity index (χ3v) is 10.6. The van der Waals surface area contributed by atoms with Crippen LogP contribution in [0.1, 0.15) is 43.0 Å². The molecule has 0 radical (unpaired) electrons. The second-order valence-corrected chi connectivity index (χ2v) is 15.2. The minimum absolute atomic E-state index is 0.0172. The van der Waals surface area contributed by atoms with E-state index in [0.717, 1.165) is 21.5 Å². The number of imidazole rings is 1. The number of hydrogen-bond acceptors (Lipinski definition) is 9. The summed E-state index contributed by atoms with van der Waals surface area (Å²) < 4.78 is 0. The second kappa shape index (κ2) is 21.3. The molecule has 0 bridgehead atoms. The summed E-state index contributed by atoms with van der Waals surface area (Å²) >= 11 is 0. The van der Waals surface area contributed by atoms with E-state index in [-0.39, 0.29) is 31.4 Å². The maximum absolute atomic E-state index is 14.4. The van der Waals surface area contributed by atoms with Gasteiger partial charge in [0, 0.05) is 65.4 Å². The van der Waals surface area contributed by atoms with E-state index in [9.17, 15) is 28.8 Å². The average Bonchev–Trinajstić information content (AvgIpc) is 4.06. The van der Waals surface area contributed by atoms with Gasteiger partial charge in [-0.2, -0.15) is 0 Å². The van der Waals surface area contributed by atoms with Gasteiger partial charge >= 0.3 is 6.03 Å². The van der Waals surface area contributed by atoms with Crippen LogP contribution in [0.3, 0.4) is 0 Å². The summed E-state index contributed by atoms with van der Waals surface area (Å²) in [7, 11) is 0. The van der Waals surface area contributed by atoms with Crippen molar-refractivity contribution < 1.29 is 28.8 Å². The fraction of sp³-hybridized carbons (Fsp3) is 0.295. The summed E-state index contributed by atoms with van der Waals surface area (Å²) in [4.78, 5) is 95.4. The SMILES string of the molecule is C[C@H](NC(=O)N(NC(=O)[C@@H](N)Cc1cnc[nH]1)c1c[nH]c2ccccc12)C(=O)N[C@@H](Cc1c[nH]c2ccccc12)C(=O)N[C@H](Cc1ccccc1)C(=O)N[C@@H](CCCCN)C(N)=O. The quantitative estimate of drug-likeness (QED) is 0.0390. The number of hydrazine groups is 1. The van der Waals surface area contributed by atoms with E-state index in [1.165, 1.54) is 25.6 Å². The predicted molar refractivity (Wildman–Crippen MR) is 237 cm³/mol. The number of primary amides is 1. The molecule has 330 valence electrons. The number of aromatic amines is 3. The molecule has 0 saturated heterocycles. The Labute approximate surface area is 362 Å². The number of rotatable bonds is 20. The first-order chi connectivity index (χ1) is 30.4. The number of anilines is 1. The molecule has 3 heterocycles. The molecule has 14 N–H and O–H groups in total. The van der Waals surface area contributed by atoms with E-state index < -0.39 is 65.8 Å². The number of nitrogens with two attached hydrogens (primary N) is 3. The van der Waals surface area contributed by atoms with Crippen molar-refractivity contribution in [2.24, 2.45) is 17.2 Å². The van der Waals surface area contributed by atoms with Gasteiger partial charge in [-0.15, -0.1) is 0 Å². The summed E-state index contributed by atoms with van der Waals surface area (Å²) in [6.07, 6.45) is 7.81. The van der Waals surface area contributed by atoms with Crippen molar-refractivity contribution in [1.29, 1.82) is 0 Å². The van der Waals surface area contributed by atoms with E-state index in [0.29, 0.717) is 41.5 Å². The Bertz CT molecular complexity index is 2500. The van der Waals surface area contributed by atoms with Crippen LogP contribution in [-0.4, -0.2) is 92.3 Å². The molecule has 3 aromatic heterocycles. The van der Waals surface area contributed by atoms with Crippen LogP contribution in [0, 0.1) is 0 Å². The van der Waals surface area contributed by atoms with Gasteiger partial charge in [-0.1, -0.05) is 66.7 Å². The first-order valence-corrected chi connectivity index (χ1v) is 20.6. The molecule has 19 heteroatoms. The van der Waals surface area contributed by atoms with Gasteiger partial charge in [0.1, 0.15) is 24.2 Å². The molecule has 0 unspecified atom stereocenters. The number of urea groups is 1. The number of carbonyl (C=O) groups excluding carboxylic acids is 6. The van der Waals surface area contributed by atoms with E-state index >= 15 is 0 Å². The highest BCUT2D eigenvalue weighted by molar-refractivity contribution is 6.05. The van der Waals surface area contributed by atoms with Crippen molar-refractivity contribution in [3.8, 4) is 0 Å². The van der Waals surface area contributed by atoms with Crippen molar-refractivity contribution in [2.45, 2.75) is 75.7 Å². The fourth-order valence-electron chi connectivity index (χ4n) is 7.10. The average molecular weight is 860 g/mol. The lowest BCUT2D eigenvalue weighted by molar-refractivity contribution is -0.133. The molecule has 0 aliphatic carbocycles. The third-order valence-electron chi connectivity index (χ3n) is 10.6. The third kappa shape index (κ3) is 11.9. The maximum atomic E-state index is 14.4. The van der Waals surface area contributed by atoms with Crippen LogP contribution in [0.15, 0.2) is 104 Å². The summed E-state index contributed by atoms with van der Waals surface area (Å²) in [5, 5.41) is 13.3. The van der Waals surface area contributed by atoms with Crippen molar-refractivity contribution in [1.82, 2.24) is 46.6 Å². The number of nitrogens with zero attached hydrogens (tertiary/aromatic N) is 2. The molecule has 6 rings (SSSR count). The highest BCUT2D eigenvalue weighted by Crippen LogP contribution is 2.26. The fourth-order valence-corrected chi connectivity index (χ4v) is 7.10. The molecule has 0 fully saturated rings. The minimum Gasteiger partial charge on any atom is -0.368 e. The number of hydrogen-bond donors (Lipinski definition) is 11. The van der Waals surface area contributed by atoms with Crippen LogP contribution in [0.25, 0.3) is 21.8 Å². The molecule has 63 heavy (non-hydrogen) atoms. The molecule has 0 saturated carbocycles. The van der Waals surface area contributed by atoms with Crippen molar-refractivity contribution >= 4 is 63.1 Å². The Hall–Kier alpha value is -7.51. The van der Waals surface area contributed by atoms with Crippen molar-refractivity contribution in [3.05, 3.63) is 121 Å². The minimum atomic E-state index is -1.27. The zero-order valence-corrected chi connectivity index (χ0v) is 34.7. The van der Waals surface area contributed by atoms with Crippen LogP contribution in [0.4, 0.5) is 10.5 Å². The summed E-state index contributed by atoms with van der Waals surface area (Å²) in [5.41, 5.74) is 23.9. The Balaban J connectivity index is 1.23. The van der Waals surface area contributed by atoms with Gasteiger partial charge in [0.05, 0.1) is 18.1 Å². The number of unbranched alkanes of at least 4 members (excludes halogenated alkanes) is 1. The number of carbonyl (C=O) groups is 6. The number of para-hydroxylation sites is 2. The van der Waals surface area contributed by atoms with Gasteiger partial charge in [-0.05, 0) is 56.0 Å².